The predicted molar refractivity (Wildman–Crippen MR) is 145 cm³/mol. The molecule has 0 saturated heterocycles. The van der Waals surface area contributed by atoms with Crippen LogP contribution in [0, 0.1) is 5.92 Å². The molecular weight excluding hydrogens is 600 g/mol. The number of hydrogen-bond donors (Lipinski definition) is 4. The fourth-order valence-electron chi connectivity index (χ4n) is 3.64. The highest BCUT2D eigenvalue weighted by atomic mass is 79.9. The minimum Gasteiger partial charge on any atom is -0.396 e. The van der Waals surface area contributed by atoms with Crippen molar-refractivity contribution in [2.75, 3.05) is 18.5 Å². The SMILES string of the molecule is O=CNC(Cc1ccc(NCCC(CCO)Cn2nnc(CBr)c2CBr)cc1)C(=O)NSC1CC1. The van der Waals surface area contributed by atoms with Gasteiger partial charge in [0.25, 0.3) is 5.91 Å². The molecule has 2 unspecified atom stereocenters. The number of nitrogens with zero attached hydrogens (tertiary/aromatic N) is 3. The van der Waals surface area contributed by atoms with Crippen LogP contribution in [0.4, 0.5) is 5.69 Å². The molecule has 9 nitrogen and oxygen atoms in total. The third kappa shape index (κ3) is 9.07. The fraction of sp³-hybridized carbons (Fsp3) is 0.565. The number of anilines is 1. The second-order valence-electron chi connectivity index (χ2n) is 8.55. The number of carbonyl (C=O) groups is 2. The van der Waals surface area contributed by atoms with Gasteiger partial charge in [-0.25, -0.2) is 4.68 Å². The Morgan fingerprint density at radius 2 is 2.00 bits per heavy atom. The molecule has 0 radical (unpaired) electrons. The first kappa shape index (κ1) is 27.9. The first-order valence-corrected chi connectivity index (χ1v) is 14.8. The van der Waals surface area contributed by atoms with Crippen LogP contribution in [0.5, 0.6) is 0 Å². The van der Waals surface area contributed by atoms with Crippen molar-refractivity contribution in [2.24, 2.45) is 5.92 Å². The number of halogens is 2. The highest BCUT2D eigenvalue weighted by Crippen LogP contribution is 2.31. The molecule has 0 bridgehead atoms. The normalized spacial score (nSPS) is 14.8. The first-order chi connectivity index (χ1) is 17.1. The Labute approximate surface area is 227 Å². The van der Waals surface area contributed by atoms with E-state index in [4.69, 9.17) is 0 Å². The number of aliphatic hydroxyl groups excluding tert-OH is 1. The second-order valence-corrected chi connectivity index (χ2v) is 10.8. The summed E-state index contributed by atoms with van der Waals surface area (Å²) in [5.74, 6) is 0.0847. The van der Waals surface area contributed by atoms with Gasteiger partial charge >= 0.3 is 0 Å². The lowest BCUT2D eigenvalue weighted by Gasteiger charge is -2.18. The fourth-order valence-corrected chi connectivity index (χ4v) is 5.49. The van der Waals surface area contributed by atoms with Crippen molar-refractivity contribution in [3.63, 3.8) is 0 Å². The molecular formula is C23H32Br2N6O3S. The van der Waals surface area contributed by atoms with E-state index in [0.29, 0.717) is 41.7 Å². The maximum atomic E-state index is 12.4. The van der Waals surface area contributed by atoms with Crippen LogP contribution in [-0.2, 0) is 33.2 Å². The average molecular weight is 632 g/mol. The van der Waals surface area contributed by atoms with Crippen molar-refractivity contribution >= 4 is 61.8 Å². The molecule has 1 fully saturated rings. The largest absolute Gasteiger partial charge is 0.396 e. The summed E-state index contributed by atoms with van der Waals surface area (Å²) in [7, 11) is 0. The number of aromatic nitrogens is 3. The van der Waals surface area contributed by atoms with E-state index in [0.717, 1.165) is 48.4 Å². The molecule has 0 aliphatic heterocycles. The van der Waals surface area contributed by atoms with E-state index in [1.807, 2.05) is 28.9 Å². The second kappa shape index (κ2) is 14.8. The van der Waals surface area contributed by atoms with Crippen LogP contribution >= 0.6 is 43.8 Å². The standard InChI is InChI=1S/C23H32Br2N6O3S/c24-12-21-22(13-25)31(30-28-21)14-17(8-10-32)7-9-26-18-3-1-16(2-4-18)11-20(27-15-33)23(34)29-35-19-5-6-19/h1-4,15,17,19-20,26,32H,5-14H2,(H,27,33)(H,29,34). The monoisotopic (exact) mass is 630 g/mol. The molecule has 2 atom stereocenters. The van der Waals surface area contributed by atoms with Gasteiger partial charge in [0.2, 0.25) is 6.41 Å². The Hall–Kier alpha value is -1.63. The number of carbonyl (C=O) groups excluding carboxylic acids is 2. The zero-order chi connectivity index (χ0) is 25.0. The summed E-state index contributed by atoms with van der Waals surface area (Å²) in [5, 5.41) is 25.9. The number of aliphatic hydroxyl groups is 1. The van der Waals surface area contributed by atoms with Crippen LogP contribution in [0.3, 0.4) is 0 Å². The molecule has 1 saturated carbocycles. The van der Waals surface area contributed by atoms with Crippen LogP contribution in [0.1, 0.15) is 42.6 Å². The van der Waals surface area contributed by atoms with Crippen molar-refractivity contribution in [3.8, 4) is 0 Å². The van der Waals surface area contributed by atoms with Gasteiger partial charge in [-0.15, -0.1) is 5.10 Å². The Morgan fingerprint density at radius 1 is 1.23 bits per heavy atom. The summed E-state index contributed by atoms with van der Waals surface area (Å²) >= 11 is 8.41. The van der Waals surface area contributed by atoms with E-state index < -0.39 is 6.04 Å². The molecule has 1 aliphatic carbocycles. The van der Waals surface area contributed by atoms with Gasteiger partial charge in [-0.3, -0.25) is 14.3 Å². The summed E-state index contributed by atoms with van der Waals surface area (Å²) < 4.78 is 4.77. The Bertz CT molecular complexity index is 942. The lowest BCUT2D eigenvalue weighted by molar-refractivity contribution is -0.123. The minimum atomic E-state index is -0.594. The molecule has 4 N–H and O–H groups in total. The van der Waals surface area contributed by atoms with E-state index in [9.17, 15) is 14.7 Å². The molecule has 2 amide bonds. The average Bonchev–Trinajstić information content (AvgIpc) is 3.62. The maximum absolute atomic E-state index is 12.4. The molecule has 2 aromatic rings. The minimum absolute atomic E-state index is 0.131. The van der Waals surface area contributed by atoms with E-state index in [1.165, 1.54) is 11.9 Å². The summed E-state index contributed by atoms with van der Waals surface area (Å²) in [4.78, 5) is 23.4. The van der Waals surface area contributed by atoms with Gasteiger partial charge in [-0.1, -0.05) is 49.2 Å². The zero-order valence-corrected chi connectivity index (χ0v) is 23.4. The van der Waals surface area contributed by atoms with Crippen molar-refractivity contribution in [1.82, 2.24) is 25.0 Å². The molecule has 1 aliphatic rings. The van der Waals surface area contributed by atoms with Crippen LogP contribution in [0.25, 0.3) is 0 Å². The highest BCUT2D eigenvalue weighted by Gasteiger charge is 2.25. The Balaban J connectivity index is 1.48. The zero-order valence-electron chi connectivity index (χ0n) is 19.5. The van der Waals surface area contributed by atoms with Crippen LogP contribution < -0.4 is 15.4 Å². The third-order valence-electron chi connectivity index (χ3n) is 5.85. The Morgan fingerprint density at radius 3 is 2.63 bits per heavy atom. The van der Waals surface area contributed by atoms with E-state index in [1.54, 1.807) is 0 Å². The summed E-state index contributed by atoms with van der Waals surface area (Å²) in [6.07, 6.45) is 4.82. The summed E-state index contributed by atoms with van der Waals surface area (Å²) in [6, 6.07) is 7.30. The van der Waals surface area contributed by atoms with Crippen LogP contribution in [0.2, 0.25) is 0 Å². The van der Waals surface area contributed by atoms with E-state index in [-0.39, 0.29) is 18.4 Å². The third-order valence-corrected chi connectivity index (χ3v) is 8.04. The highest BCUT2D eigenvalue weighted by molar-refractivity contribution is 9.09. The lowest BCUT2D eigenvalue weighted by atomic mass is 10.0. The van der Waals surface area contributed by atoms with Gasteiger partial charge in [0.05, 0.1) is 11.4 Å². The predicted octanol–water partition coefficient (Wildman–Crippen LogP) is 3.15. The molecule has 3 rings (SSSR count). The van der Waals surface area contributed by atoms with Gasteiger partial charge in [0, 0.05) is 47.7 Å². The summed E-state index contributed by atoms with van der Waals surface area (Å²) in [5.41, 5.74) is 3.92. The van der Waals surface area contributed by atoms with Crippen molar-refractivity contribution in [1.29, 1.82) is 0 Å². The van der Waals surface area contributed by atoms with Crippen LogP contribution in [0.15, 0.2) is 24.3 Å². The number of amides is 2. The number of benzene rings is 1. The molecule has 0 spiro atoms. The van der Waals surface area contributed by atoms with E-state index >= 15 is 0 Å². The van der Waals surface area contributed by atoms with Crippen molar-refractivity contribution < 1.29 is 14.7 Å². The molecule has 192 valence electrons. The van der Waals surface area contributed by atoms with Gasteiger partial charge in [-0.05, 0) is 61.2 Å². The quantitative estimate of drug-likeness (QED) is 0.120. The Kier molecular flexibility index (Phi) is 11.8. The first-order valence-electron chi connectivity index (χ1n) is 11.7. The number of nitrogens with one attached hydrogen (secondary N) is 3. The van der Waals surface area contributed by atoms with Crippen LogP contribution in [-0.4, -0.2) is 56.9 Å². The molecule has 12 heteroatoms. The van der Waals surface area contributed by atoms with Gasteiger partial charge in [0.1, 0.15) is 6.04 Å². The van der Waals surface area contributed by atoms with Gasteiger partial charge in [-0.2, -0.15) is 0 Å². The molecule has 1 aromatic carbocycles. The van der Waals surface area contributed by atoms with Crippen molar-refractivity contribution in [2.45, 2.75) is 60.6 Å². The number of hydrogen-bond acceptors (Lipinski definition) is 7. The summed E-state index contributed by atoms with van der Waals surface area (Å²) in [6.45, 7) is 1.59. The topological polar surface area (TPSA) is 121 Å². The van der Waals surface area contributed by atoms with Gasteiger partial charge in [0.15, 0.2) is 0 Å². The molecule has 1 aromatic heterocycles. The number of rotatable bonds is 17. The molecule has 35 heavy (non-hydrogen) atoms. The number of alkyl halides is 2. The van der Waals surface area contributed by atoms with E-state index in [2.05, 4.69) is 57.5 Å². The molecule has 1 heterocycles. The van der Waals surface area contributed by atoms with Crippen molar-refractivity contribution in [3.05, 3.63) is 41.2 Å². The smallest absolute Gasteiger partial charge is 0.252 e. The maximum Gasteiger partial charge on any atom is 0.252 e. The van der Waals surface area contributed by atoms with Gasteiger partial charge < -0.3 is 15.7 Å². The lowest BCUT2D eigenvalue weighted by Crippen LogP contribution is -2.43.